The van der Waals surface area contributed by atoms with Gasteiger partial charge in [-0.05, 0) is 100 Å². The zero-order valence-corrected chi connectivity index (χ0v) is 20.4. The third-order valence-corrected chi connectivity index (χ3v) is 5.20. The van der Waals surface area contributed by atoms with Gasteiger partial charge in [0.05, 0.1) is 7.11 Å². The summed E-state index contributed by atoms with van der Waals surface area (Å²) in [6.45, 7) is 10.8. The van der Waals surface area contributed by atoms with Gasteiger partial charge >= 0.3 is 0 Å². The lowest BCUT2D eigenvalue weighted by Gasteiger charge is -2.12. The number of hydrogen-bond donors (Lipinski definition) is 0. The number of halogens is 1. The minimum Gasteiger partial charge on any atom is -0.497 e. The number of Topliss-reactive ketones (excluding diaryl/α,β-unsaturated/α-hetero) is 2. The maximum absolute atomic E-state index is 11.6. The Labute approximate surface area is 195 Å². The van der Waals surface area contributed by atoms with Crippen LogP contribution in [0.3, 0.4) is 0 Å². The Morgan fingerprint density at radius 2 is 1.12 bits per heavy atom. The van der Waals surface area contributed by atoms with Crippen LogP contribution in [-0.4, -0.2) is 18.7 Å². The number of carbonyl (C=O) groups excluding carboxylic acids is 2. The Morgan fingerprint density at radius 3 is 1.56 bits per heavy atom. The summed E-state index contributed by atoms with van der Waals surface area (Å²) in [7, 11) is 1.62. The molecule has 0 saturated heterocycles. The predicted octanol–water partition coefficient (Wildman–Crippen LogP) is 7.47. The van der Waals surface area contributed by atoms with Gasteiger partial charge in [-0.25, -0.2) is 0 Å². The van der Waals surface area contributed by atoms with Gasteiger partial charge in [0.15, 0.2) is 11.6 Å². The molecule has 4 nitrogen and oxygen atoms in total. The summed E-state index contributed by atoms with van der Waals surface area (Å²) in [6.07, 6.45) is 0. The van der Waals surface area contributed by atoms with E-state index in [2.05, 4.69) is 0 Å². The van der Waals surface area contributed by atoms with Crippen LogP contribution in [-0.2, 0) is 0 Å². The summed E-state index contributed by atoms with van der Waals surface area (Å²) < 4.78 is 11.0. The van der Waals surface area contributed by atoms with Crippen molar-refractivity contribution in [1.82, 2.24) is 0 Å². The Bertz CT molecular complexity index is 1100. The van der Waals surface area contributed by atoms with E-state index >= 15 is 0 Å². The average molecular weight is 453 g/mol. The van der Waals surface area contributed by atoms with Crippen LogP contribution in [0.1, 0.15) is 56.8 Å². The van der Waals surface area contributed by atoms with Gasteiger partial charge in [0.1, 0.15) is 17.2 Å². The van der Waals surface area contributed by atoms with Gasteiger partial charge in [-0.1, -0.05) is 17.7 Å². The first-order valence-electron chi connectivity index (χ1n) is 10.2. The second kappa shape index (κ2) is 11.0. The molecule has 3 rings (SSSR count). The molecule has 0 amide bonds. The maximum atomic E-state index is 11.6. The molecule has 0 N–H and O–H groups in total. The fourth-order valence-corrected chi connectivity index (χ4v) is 4.13. The Morgan fingerprint density at radius 1 is 0.688 bits per heavy atom. The first-order chi connectivity index (χ1) is 15.0. The number of rotatable bonds is 5. The summed E-state index contributed by atoms with van der Waals surface area (Å²) in [6, 6.07) is 14.8. The van der Waals surface area contributed by atoms with Crippen molar-refractivity contribution in [3.8, 4) is 17.2 Å². The highest BCUT2D eigenvalue weighted by molar-refractivity contribution is 6.30. The van der Waals surface area contributed by atoms with E-state index < -0.39 is 0 Å². The van der Waals surface area contributed by atoms with E-state index in [1.54, 1.807) is 21.0 Å². The van der Waals surface area contributed by atoms with Crippen molar-refractivity contribution in [3.05, 3.63) is 86.9 Å². The van der Waals surface area contributed by atoms with Crippen LogP contribution in [0.15, 0.2) is 48.5 Å². The molecule has 32 heavy (non-hydrogen) atoms. The van der Waals surface area contributed by atoms with Gasteiger partial charge in [0.25, 0.3) is 0 Å². The van der Waals surface area contributed by atoms with Crippen molar-refractivity contribution in [1.29, 1.82) is 0 Å². The van der Waals surface area contributed by atoms with Gasteiger partial charge in [0.2, 0.25) is 0 Å². The van der Waals surface area contributed by atoms with E-state index in [1.165, 1.54) is 0 Å². The molecule has 0 radical (unpaired) electrons. The summed E-state index contributed by atoms with van der Waals surface area (Å²) in [4.78, 5) is 22.7. The van der Waals surface area contributed by atoms with E-state index in [1.807, 2.05) is 76.2 Å². The monoisotopic (exact) mass is 452 g/mol. The average Bonchev–Trinajstić information content (AvgIpc) is 2.66. The van der Waals surface area contributed by atoms with Crippen molar-refractivity contribution in [2.24, 2.45) is 0 Å². The Kier molecular flexibility index (Phi) is 8.62. The molecule has 168 valence electrons. The highest BCUT2D eigenvalue weighted by atomic mass is 35.5. The molecule has 0 aliphatic carbocycles. The van der Waals surface area contributed by atoms with Crippen LogP contribution in [0.25, 0.3) is 0 Å². The smallest absolute Gasteiger partial charge is 0.160 e. The van der Waals surface area contributed by atoms with Gasteiger partial charge in [-0.15, -0.1) is 0 Å². The first-order valence-corrected chi connectivity index (χ1v) is 10.6. The number of ketones is 2. The fourth-order valence-electron chi connectivity index (χ4n) is 3.80. The van der Waals surface area contributed by atoms with E-state index in [4.69, 9.17) is 21.1 Å². The topological polar surface area (TPSA) is 52.6 Å². The number of hydrogen-bond acceptors (Lipinski definition) is 4. The highest BCUT2D eigenvalue weighted by Crippen LogP contribution is 2.28. The molecule has 0 aliphatic rings. The van der Waals surface area contributed by atoms with Crippen LogP contribution < -0.4 is 9.47 Å². The lowest BCUT2D eigenvalue weighted by Crippen LogP contribution is -2.00. The standard InChI is InChI=1S/C17H18O3.C10H11ClO/c1-11-8-16(9-12(2)17(11)13(3)18)20-15-7-5-6-14(10-15)19-4;1-6-4-9(11)5-7(2)10(6)8(3)12/h5-10H,1-4H3;4-5H,1-3H3. The summed E-state index contributed by atoms with van der Waals surface area (Å²) in [5.74, 6) is 2.35. The number of ether oxygens (including phenoxy) is 2. The molecule has 0 atom stereocenters. The molecule has 0 aromatic heterocycles. The van der Waals surface area contributed by atoms with E-state index in [0.29, 0.717) is 10.8 Å². The van der Waals surface area contributed by atoms with Gasteiger partial charge in [0, 0.05) is 22.2 Å². The van der Waals surface area contributed by atoms with Crippen LogP contribution in [0.2, 0.25) is 5.02 Å². The van der Waals surface area contributed by atoms with Gasteiger partial charge in [-0.2, -0.15) is 0 Å². The van der Waals surface area contributed by atoms with Crippen molar-refractivity contribution in [2.75, 3.05) is 7.11 Å². The molecule has 3 aromatic carbocycles. The third-order valence-electron chi connectivity index (χ3n) is 4.98. The summed E-state index contributed by atoms with van der Waals surface area (Å²) >= 11 is 5.82. The third kappa shape index (κ3) is 6.44. The normalized spacial score (nSPS) is 10.1. The fraction of sp³-hybridized carbons (Fsp3) is 0.259. The molecule has 5 heteroatoms. The van der Waals surface area contributed by atoms with E-state index in [-0.39, 0.29) is 11.6 Å². The lowest BCUT2D eigenvalue weighted by atomic mass is 9.99. The quantitative estimate of drug-likeness (QED) is 0.377. The van der Waals surface area contributed by atoms with Crippen LogP contribution in [0.5, 0.6) is 17.2 Å². The lowest BCUT2D eigenvalue weighted by molar-refractivity contribution is 0.100. The molecule has 0 heterocycles. The number of aryl methyl sites for hydroxylation is 4. The second-order valence-corrected chi connectivity index (χ2v) is 8.18. The highest BCUT2D eigenvalue weighted by Gasteiger charge is 2.11. The summed E-state index contributed by atoms with van der Waals surface area (Å²) in [5, 5.41) is 0.690. The minimum atomic E-state index is 0.0768. The van der Waals surface area contributed by atoms with E-state index in [9.17, 15) is 9.59 Å². The number of carbonyl (C=O) groups is 2. The molecular formula is C27H29ClO4. The van der Waals surface area contributed by atoms with Crippen LogP contribution in [0.4, 0.5) is 0 Å². The van der Waals surface area contributed by atoms with Crippen LogP contribution >= 0.6 is 11.6 Å². The Hall–Kier alpha value is -3.11. The SMILES string of the molecule is CC(=O)c1c(C)cc(Cl)cc1C.COc1cccc(Oc2cc(C)c(C(C)=O)c(C)c2)c1. The number of methoxy groups -OCH3 is 1. The number of benzene rings is 3. The molecule has 0 saturated carbocycles. The minimum absolute atomic E-state index is 0.0768. The maximum Gasteiger partial charge on any atom is 0.160 e. The van der Waals surface area contributed by atoms with E-state index in [0.717, 1.165) is 44.9 Å². The second-order valence-electron chi connectivity index (χ2n) is 7.74. The molecular weight excluding hydrogens is 424 g/mol. The molecule has 0 fully saturated rings. The van der Waals surface area contributed by atoms with Crippen LogP contribution in [0, 0.1) is 27.7 Å². The van der Waals surface area contributed by atoms with Crippen molar-refractivity contribution in [2.45, 2.75) is 41.5 Å². The molecule has 0 spiro atoms. The largest absolute Gasteiger partial charge is 0.497 e. The van der Waals surface area contributed by atoms with Crippen molar-refractivity contribution in [3.63, 3.8) is 0 Å². The summed E-state index contributed by atoms with van der Waals surface area (Å²) in [5.41, 5.74) is 5.31. The Balaban J connectivity index is 0.000000258. The van der Waals surface area contributed by atoms with Gasteiger partial charge in [-0.3, -0.25) is 9.59 Å². The van der Waals surface area contributed by atoms with Crippen molar-refractivity contribution >= 4 is 23.2 Å². The molecule has 0 unspecified atom stereocenters. The van der Waals surface area contributed by atoms with Crippen molar-refractivity contribution < 1.29 is 19.1 Å². The van der Waals surface area contributed by atoms with Gasteiger partial charge < -0.3 is 9.47 Å². The molecule has 3 aromatic rings. The predicted molar refractivity (Wildman–Crippen MR) is 130 cm³/mol. The zero-order valence-electron chi connectivity index (χ0n) is 19.6. The molecule has 0 bridgehead atoms. The first kappa shape index (κ1) is 25.2. The zero-order chi connectivity index (χ0) is 24.0. The molecule has 0 aliphatic heterocycles.